The summed E-state index contributed by atoms with van der Waals surface area (Å²) >= 11 is 0. The first-order valence-electron chi connectivity index (χ1n) is 6.68. The van der Waals surface area contributed by atoms with Gasteiger partial charge in [0.1, 0.15) is 11.4 Å². The van der Waals surface area contributed by atoms with E-state index < -0.39 is 11.4 Å². The van der Waals surface area contributed by atoms with E-state index in [0.29, 0.717) is 31.9 Å². The lowest BCUT2D eigenvalue weighted by atomic mass is 9.93. The Labute approximate surface area is 121 Å². The van der Waals surface area contributed by atoms with Gasteiger partial charge in [-0.25, -0.2) is 4.39 Å². The van der Waals surface area contributed by atoms with Gasteiger partial charge in [0.15, 0.2) is 0 Å². The van der Waals surface area contributed by atoms with Gasteiger partial charge in [-0.3, -0.25) is 0 Å². The van der Waals surface area contributed by atoms with Gasteiger partial charge in [0.25, 0.3) is 5.89 Å². The molecule has 21 heavy (non-hydrogen) atoms. The second kappa shape index (κ2) is 5.42. The Hall–Kier alpha value is -1.99. The molecule has 7 heteroatoms. The Morgan fingerprint density at radius 1 is 1.33 bits per heavy atom. The number of anilines is 1. The van der Waals surface area contributed by atoms with E-state index in [-0.39, 0.29) is 17.1 Å². The Kier molecular flexibility index (Phi) is 3.60. The van der Waals surface area contributed by atoms with Crippen LogP contribution in [0.2, 0.25) is 0 Å². The Balaban J connectivity index is 2.00. The van der Waals surface area contributed by atoms with Crippen LogP contribution in [0.5, 0.6) is 0 Å². The monoisotopic (exact) mass is 293 g/mol. The van der Waals surface area contributed by atoms with Crippen LogP contribution in [0.1, 0.15) is 18.7 Å². The van der Waals surface area contributed by atoms with E-state index in [0.717, 1.165) is 0 Å². The number of nitrogens with zero attached hydrogens (tertiary/aromatic N) is 2. The lowest BCUT2D eigenvalue weighted by Gasteiger charge is -2.32. The van der Waals surface area contributed by atoms with Crippen molar-refractivity contribution in [2.45, 2.75) is 18.4 Å². The van der Waals surface area contributed by atoms with Gasteiger partial charge in [0.2, 0.25) is 5.82 Å². The lowest BCUT2D eigenvalue weighted by molar-refractivity contribution is -0.101. The molecular weight excluding hydrogens is 277 g/mol. The van der Waals surface area contributed by atoms with Gasteiger partial charge >= 0.3 is 0 Å². The molecule has 0 atom stereocenters. The summed E-state index contributed by atoms with van der Waals surface area (Å²) in [4.78, 5) is 4.29. The first-order valence-corrected chi connectivity index (χ1v) is 6.68. The molecule has 0 aliphatic carbocycles. The molecule has 0 amide bonds. The minimum Gasteiger partial charge on any atom is -0.398 e. The Morgan fingerprint density at radius 2 is 2.10 bits per heavy atom. The molecule has 6 nitrogen and oxygen atoms in total. The first-order chi connectivity index (χ1) is 10.2. The van der Waals surface area contributed by atoms with E-state index in [9.17, 15) is 4.39 Å². The fraction of sp³-hybridized carbons (Fsp3) is 0.429. The van der Waals surface area contributed by atoms with Crippen molar-refractivity contribution in [1.82, 2.24) is 10.1 Å². The number of methoxy groups -OCH3 is 1. The summed E-state index contributed by atoms with van der Waals surface area (Å²) in [6.45, 7) is 1.11. The van der Waals surface area contributed by atoms with Crippen LogP contribution in [0.3, 0.4) is 0 Å². The molecule has 1 aromatic carbocycles. The maximum atomic E-state index is 13.9. The third kappa shape index (κ3) is 2.38. The van der Waals surface area contributed by atoms with Gasteiger partial charge in [0, 0.05) is 38.9 Å². The molecule has 1 aliphatic heterocycles. The van der Waals surface area contributed by atoms with E-state index in [2.05, 4.69) is 10.1 Å². The smallest absolute Gasteiger partial charge is 0.263 e. The van der Waals surface area contributed by atoms with Gasteiger partial charge in [-0.05, 0) is 12.1 Å². The molecule has 3 rings (SSSR count). The fourth-order valence-corrected chi connectivity index (χ4v) is 2.50. The van der Waals surface area contributed by atoms with Crippen LogP contribution in [0.25, 0.3) is 11.5 Å². The number of rotatable bonds is 3. The van der Waals surface area contributed by atoms with Crippen LogP contribution in [-0.4, -0.2) is 30.5 Å². The number of nitrogen functional groups attached to an aromatic ring is 1. The van der Waals surface area contributed by atoms with Gasteiger partial charge in [-0.1, -0.05) is 11.2 Å². The quantitative estimate of drug-likeness (QED) is 0.873. The zero-order valence-corrected chi connectivity index (χ0v) is 11.6. The summed E-state index contributed by atoms with van der Waals surface area (Å²) in [5.41, 5.74) is 5.51. The van der Waals surface area contributed by atoms with Gasteiger partial charge in [-0.15, -0.1) is 0 Å². The fourth-order valence-electron chi connectivity index (χ4n) is 2.50. The molecule has 0 spiro atoms. The Bertz CT molecular complexity index is 618. The largest absolute Gasteiger partial charge is 0.398 e. The van der Waals surface area contributed by atoms with Crippen molar-refractivity contribution < 1.29 is 18.4 Å². The number of benzene rings is 1. The van der Waals surface area contributed by atoms with Gasteiger partial charge in [-0.2, -0.15) is 4.98 Å². The highest BCUT2D eigenvalue weighted by atomic mass is 19.1. The molecule has 1 aliphatic rings. The summed E-state index contributed by atoms with van der Waals surface area (Å²) in [6.07, 6.45) is 1.24. The molecule has 0 unspecified atom stereocenters. The minimum absolute atomic E-state index is 0.0588. The maximum absolute atomic E-state index is 13.9. The van der Waals surface area contributed by atoms with Crippen molar-refractivity contribution in [2.75, 3.05) is 26.1 Å². The van der Waals surface area contributed by atoms with Crippen LogP contribution < -0.4 is 5.73 Å². The predicted octanol–water partition coefficient (Wildman–Crippen LogP) is 2.11. The third-order valence-electron chi connectivity index (χ3n) is 3.78. The van der Waals surface area contributed by atoms with Gasteiger partial charge in [0.05, 0.1) is 5.56 Å². The van der Waals surface area contributed by atoms with Crippen molar-refractivity contribution in [3.8, 4) is 11.5 Å². The summed E-state index contributed by atoms with van der Waals surface area (Å²) in [5.74, 6) is -0.0434. The molecular formula is C14H16FN3O3. The average molecular weight is 293 g/mol. The third-order valence-corrected chi connectivity index (χ3v) is 3.78. The highest BCUT2D eigenvalue weighted by Crippen LogP contribution is 2.35. The summed E-state index contributed by atoms with van der Waals surface area (Å²) in [5, 5.41) is 3.95. The zero-order chi connectivity index (χ0) is 14.9. The highest BCUT2D eigenvalue weighted by molar-refractivity contribution is 5.70. The normalized spacial score (nSPS) is 17.8. The van der Waals surface area contributed by atoms with E-state index in [1.807, 2.05) is 0 Å². The van der Waals surface area contributed by atoms with Crippen molar-refractivity contribution in [2.24, 2.45) is 0 Å². The number of hydrogen-bond donors (Lipinski definition) is 1. The van der Waals surface area contributed by atoms with Crippen molar-refractivity contribution in [1.29, 1.82) is 0 Å². The first kappa shape index (κ1) is 14.0. The van der Waals surface area contributed by atoms with Crippen LogP contribution in [0.15, 0.2) is 22.7 Å². The number of nitrogens with two attached hydrogens (primary N) is 1. The van der Waals surface area contributed by atoms with Crippen LogP contribution in [0.4, 0.5) is 10.1 Å². The Morgan fingerprint density at radius 3 is 2.76 bits per heavy atom. The van der Waals surface area contributed by atoms with Gasteiger partial charge < -0.3 is 19.7 Å². The molecule has 2 aromatic rings. The molecule has 1 aromatic heterocycles. The van der Waals surface area contributed by atoms with Crippen LogP contribution in [-0.2, 0) is 15.1 Å². The lowest BCUT2D eigenvalue weighted by Crippen LogP contribution is -2.36. The molecule has 2 heterocycles. The molecule has 2 N–H and O–H groups in total. The summed E-state index contributed by atoms with van der Waals surface area (Å²) < 4.78 is 30.0. The summed E-state index contributed by atoms with van der Waals surface area (Å²) in [6, 6.07) is 4.42. The standard InChI is InChI=1S/C14H16FN3O3/c1-19-14(5-7-20-8-6-14)13-17-12(21-18-13)11-9(15)3-2-4-10(11)16/h2-4H,5-8,16H2,1H3. The summed E-state index contributed by atoms with van der Waals surface area (Å²) in [7, 11) is 1.60. The van der Waals surface area contributed by atoms with Crippen molar-refractivity contribution in [3.63, 3.8) is 0 Å². The van der Waals surface area contributed by atoms with Crippen molar-refractivity contribution in [3.05, 3.63) is 29.8 Å². The highest BCUT2D eigenvalue weighted by Gasteiger charge is 2.39. The van der Waals surface area contributed by atoms with E-state index in [1.165, 1.54) is 12.1 Å². The number of halogens is 1. The SMILES string of the molecule is COC1(c2noc(-c3c(N)cccc3F)n2)CCOCC1. The number of ether oxygens (including phenoxy) is 2. The molecule has 0 saturated carbocycles. The van der Waals surface area contributed by atoms with Crippen molar-refractivity contribution >= 4 is 5.69 Å². The predicted molar refractivity (Wildman–Crippen MR) is 72.8 cm³/mol. The molecule has 0 radical (unpaired) electrons. The average Bonchev–Trinajstić information content (AvgIpc) is 2.98. The van der Waals surface area contributed by atoms with E-state index in [1.54, 1.807) is 13.2 Å². The topological polar surface area (TPSA) is 83.4 Å². The second-order valence-corrected chi connectivity index (χ2v) is 4.94. The number of hydrogen-bond acceptors (Lipinski definition) is 6. The zero-order valence-electron chi connectivity index (χ0n) is 11.6. The molecule has 0 bridgehead atoms. The van der Waals surface area contributed by atoms with Crippen LogP contribution >= 0.6 is 0 Å². The molecule has 112 valence electrons. The second-order valence-electron chi connectivity index (χ2n) is 4.94. The van der Waals surface area contributed by atoms with E-state index >= 15 is 0 Å². The van der Waals surface area contributed by atoms with Crippen LogP contribution in [0, 0.1) is 5.82 Å². The number of aromatic nitrogens is 2. The molecule has 1 fully saturated rings. The maximum Gasteiger partial charge on any atom is 0.263 e. The minimum atomic E-state index is -0.653. The van der Waals surface area contributed by atoms with E-state index in [4.69, 9.17) is 19.7 Å². The molecule has 1 saturated heterocycles.